The highest BCUT2D eigenvalue weighted by Crippen LogP contribution is 2.49. The van der Waals surface area contributed by atoms with Gasteiger partial charge in [0, 0.05) is 23.8 Å². The molecule has 3 atom stereocenters. The van der Waals surface area contributed by atoms with E-state index in [2.05, 4.69) is 60.8 Å². The number of fused-ring (bicyclic) bond motifs is 3. The lowest BCUT2D eigenvalue weighted by Gasteiger charge is -2.43. The summed E-state index contributed by atoms with van der Waals surface area (Å²) in [5.74, 6) is 0.524. The van der Waals surface area contributed by atoms with Crippen molar-refractivity contribution in [2.24, 2.45) is 5.92 Å². The number of aryl methyl sites for hydroxylation is 1. The van der Waals surface area contributed by atoms with Crippen LogP contribution in [-0.2, 0) is 4.74 Å². The molecule has 2 aromatic rings. The van der Waals surface area contributed by atoms with Crippen LogP contribution in [0.15, 0.2) is 48.5 Å². The zero-order valence-electron chi connectivity index (χ0n) is 12.4. The Bertz CT molecular complexity index is 637. The summed E-state index contributed by atoms with van der Waals surface area (Å²) in [4.78, 5) is 0. The van der Waals surface area contributed by atoms with Gasteiger partial charge in [0.05, 0.1) is 12.1 Å². The Labute approximate surface area is 126 Å². The van der Waals surface area contributed by atoms with Crippen LogP contribution in [0, 0.1) is 12.8 Å². The van der Waals surface area contributed by atoms with Gasteiger partial charge in [-0.3, -0.25) is 0 Å². The summed E-state index contributed by atoms with van der Waals surface area (Å²) in [7, 11) is 0. The Balaban J connectivity index is 1.79. The molecule has 0 unspecified atom stereocenters. The van der Waals surface area contributed by atoms with Gasteiger partial charge in [0.25, 0.3) is 0 Å². The molecule has 2 aliphatic heterocycles. The van der Waals surface area contributed by atoms with E-state index in [9.17, 15) is 0 Å². The Morgan fingerprint density at radius 1 is 1.10 bits per heavy atom. The van der Waals surface area contributed by atoms with Crippen LogP contribution >= 0.6 is 0 Å². The van der Waals surface area contributed by atoms with Crippen molar-refractivity contribution in [3.8, 4) is 0 Å². The normalized spacial score (nSPS) is 27.4. The number of rotatable bonds is 1. The molecule has 1 saturated heterocycles. The first-order valence-electron chi connectivity index (χ1n) is 7.86. The van der Waals surface area contributed by atoms with Gasteiger partial charge < -0.3 is 10.1 Å². The average molecular weight is 279 g/mol. The minimum atomic E-state index is 0.236. The maximum atomic E-state index is 6.18. The molecule has 2 aromatic carbocycles. The molecule has 21 heavy (non-hydrogen) atoms. The van der Waals surface area contributed by atoms with Crippen molar-refractivity contribution >= 4 is 5.69 Å². The molecule has 0 bridgehead atoms. The Morgan fingerprint density at radius 3 is 2.81 bits per heavy atom. The van der Waals surface area contributed by atoms with Crippen molar-refractivity contribution in [3.05, 3.63) is 65.2 Å². The van der Waals surface area contributed by atoms with Crippen molar-refractivity contribution in [1.29, 1.82) is 0 Å². The molecule has 108 valence electrons. The highest BCUT2D eigenvalue weighted by molar-refractivity contribution is 5.58. The topological polar surface area (TPSA) is 21.3 Å². The molecule has 1 N–H and O–H groups in total. The number of ether oxygens (including phenoxy) is 1. The third-order valence-electron chi connectivity index (χ3n) is 4.78. The van der Waals surface area contributed by atoms with Crippen LogP contribution in [-0.4, -0.2) is 6.61 Å². The maximum absolute atomic E-state index is 6.18. The molecule has 4 rings (SSSR count). The lowest BCUT2D eigenvalue weighted by atomic mass is 9.77. The Hall–Kier alpha value is -1.80. The van der Waals surface area contributed by atoms with E-state index in [1.807, 2.05) is 0 Å². The van der Waals surface area contributed by atoms with Crippen LogP contribution < -0.4 is 5.32 Å². The van der Waals surface area contributed by atoms with Gasteiger partial charge in [0.15, 0.2) is 0 Å². The minimum Gasteiger partial charge on any atom is -0.378 e. The van der Waals surface area contributed by atoms with Crippen molar-refractivity contribution in [3.63, 3.8) is 0 Å². The largest absolute Gasteiger partial charge is 0.378 e. The van der Waals surface area contributed by atoms with Crippen LogP contribution in [0.1, 0.15) is 41.7 Å². The maximum Gasteiger partial charge on any atom is 0.0895 e. The van der Waals surface area contributed by atoms with Crippen molar-refractivity contribution in [2.75, 3.05) is 11.9 Å². The number of nitrogens with one attached hydrogen (secondary N) is 1. The van der Waals surface area contributed by atoms with Crippen LogP contribution in [0.2, 0.25) is 0 Å². The fraction of sp³-hybridized carbons (Fsp3) is 0.368. The zero-order chi connectivity index (χ0) is 14.2. The molecule has 1 fully saturated rings. The third-order valence-corrected chi connectivity index (χ3v) is 4.78. The quantitative estimate of drug-likeness (QED) is 0.821. The van der Waals surface area contributed by atoms with Gasteiger partial charge >= 0.3 is 0 Å². The first kappa shape index (κ1) is 12.9. The van der Waals surface area contributed by atoms with Crippen molar-refractivity contribution in [2.45, 2.75) is 31.9 Å². The van der Waals surface area contributed by atoms with E-state index in [1.165, 1.54) is 28.8 Å². The van der Waals surface area contributed by atoms with Crippen molar-refractivity contribution < 1.29 is 4.74 Å². The zero-order valence-corrected chi connectivity index (χ0v) is 12.4. The second-order valence-corrected chi connectivity index (χ2v) is 6.22. The first-order valence-corrected chi connectivity index (χ1v) is 7.86. The molecule has 0 aromatic heterocycles. The van der Waals surface area contributed by atoms with Crippen LogP contribution in [0.4, 0.5) is 5.69 Å². The summed E-state index contributed by atoms with van der Waals surface area (Å²) in [5.41, 5.74) is 5.25. The lowest BCUT2D eigenvalue weighted by Crippen LogP contribution is -2.36. The van der Waals surface area contributed by atoms with E-state index in [-0.39, 0.29) is 6.10 Å². The molecule has 2 aliphatic rings. The summed E-state index contributed by atoms with van der Waals surface area (Å²) in [6.07, 6.45) is 2.62. The van der Waals surface area contributed by atoms with Crippen molar-refractivity contribution in [1.82, 2.24) is 0 Å². The SMILES string of the molecule is Cc1ccc2c(c1)[C@@H]1OCCC[C@@H]1[C@@H](c1ccccc1)N2. The van der Waals surface area contributed by atoms with Gasteiger partial charge in [-0.2, -0.15) is 0 Å². The molecular formula is C19H21NO. The number of anilines is 1. The van der Waals surface area contributed by atoms with E-state index in [1.54, 1.807) is 0 Å². The molecule has 2 heteroatoms. The number of hydrogen-bond donors (Lipinski definition) is 1. The first-order chi connectivity index (χ1) is 10.3. The monoisotopic (exact) mass is 279 g/mol. The van der Waals surface area contributed by atoms with Gasteiger partial charge in [-0.25, -0.2) is 0 Å². The molecule has 0 amide bonds. The van der Waals surface area contributed by atoms with Gasteiger partial charge in [-0.1, -0.05) is 48.0 Å². The molecule has 2 nitrogen and oxygen atoms in total. The van der Waals surface area contributed by atoms with E-state index in [4.69, 9.17) is 4.74 Å². The fourth-order valence-corrected chi connectivity index (χ4v) is 3.78. The smallest absolute Gasteiger partial charge is 0.0895 e. The van der Waals surface area contributed by atoms with Crippen LogP contribution in [0.25, 0.3) is 0 Å². The molecule has 0 spiro atoms. The van der Waals surface area contributed by atoms with E-state index in [0.29, 0.717) is 12.0 Å². The Morgan fingerprint density at radius 2 is 1.95 bits per heavy atom. The summed E-state index contributed by atoms with van der Waals surface area (Å²) < 4.78 is 6.18. The van der Waals surface area contributed by atoms with Crippen LogP contribution in [0.5, 0.6) is 0 Å². The molecule has 0 saturated carbocycles. The lowest BCUT2D eigenvalue weighted by molar-refractivity contribution is -0.0381. The highest BCUT2D eigenvalue weighted by atomic mass is 16.5. The second-order valence-electron chi connectivity index (χ2n) is 6.22. The minimum absolute atomic E-state index is 0.236. The van der Waals surface area contributed by atoms with Gasteiger partial charge in [-0.05, 0) is 31.4 Å². The summed E-state index contributed by atoms with van der Waals surface area (Å²) in [6.45, 7) is 3.04. The standard InChI is InChI=1S/C19H21NO/c1-13-9-10-17-16(12-13)19-15(8-5-11-21-19)18(20-17)14-6-3-2-4-7-14/h2-4,6-7,9-10,12,15,18-20H,5,8,11H2,1H3/t15-,18-,19-/m1/s1. The van der Waals surface area contributed by atoms with E-state index in [0.717, 1.165) is 13.0 Å². The molecular weight excluding hydrogens is 258 g/mol. The predicted molar refractivity (Wildman–Crippen MR) is 85.4 cm³/mol. The number of benzene rings is 2. The van der Waals surface area contributed by atoms with E-state index >= 15 is 0 Å². The average Bonchev–Trinajstić information content (AvgIpc) is 2.55. The second kappa shape index (κ2) is 5.19. The fourth-order valence-electron chi connectivity index (χ4n) is 3.78. The number of hydrogen-bond acceptors (Lipinski definition) is 2. The van der Waals surface area contributed by atoms with Crippen LogP contribution in [0.3, 0.4) is 0 Å². The van der Waals surface area contributed by atoms with E-state index < -0.39 is 0 Å². The highest BCUT2D eigenvalue weighted by Gasteiger charge is 2.39. The Kier molecular flexibility index (Phi) is 3.19. The summed E-state index contributed by atoms with van der Waals surface area (Å²) >= 11 is 0. The van der Waals surface area contributed by atoms with Gasteiger partial charge in [0.2, 0.25) is 0 Å². The third kappa shape index (κ3) is 2.24. The van der Waals surface area contributed by atoms with Gasteiger partial charge in [0.1, 0.15) is 0 Å². The predicted octanol–water partition coefficient (Wildman–Crippen LogP) is 4.63. The molecule has 0 aliphatic carbocycles. The van der Waals surface area contributed by atoms with Gasteiger partial charge in [-0.15, -0.1) is 0 Å². The summed E-state index contributed by atoms with van der Waals surface area (Å²) in [5, 5.41) is 3.76. The summed E-state index contributed by atoms with van der Waals surface area (Å²) in [6, 6.07) is 17.8. The molecule has 0 radical (unpaired) electrons. The molecule has 2 heterocycles.